The minimum absolute atomic E-state index is 0.0404. The first-order valence-electron chi connectivity index (χ1n) is 9.04. The second kappa shape index (κ2) is 6.58. The molecule has 0 aliphatic carbocycles. The summed E-state index contributed by atoms with van der Waals surface area (Å²) in [4.78, 5) is 28.6. The van der Waals surface area contributed by atoms with E-state index in [0.717, 1.165) is 31.5 Å². The minimum Gasteiger partial charge on any atom is -0.343 e. The highest BCUT2D eigenvalue weighted by Crippen LogP contribution is 2.36. The molecule has 1 saturated heterocycles. The van der Waals surface area contributed by atoms with Crippen LogP contribution in [0.5, 0.6) is 0 Å². The monoisotopic (exact) mass is 328 g/mol. The average Bonchev–Trinajstić information content (AvgIpc) is 2.57. The van der Waals surface area contributed by atoms with Crippen LogP contribution in [0.4, 0.5) is 5.69 Å². The van der Waals surface area contributed by atoms with Gasteiger partial charge in [-0.2, -0.15) is 0 Å². The van der Waals surface area contributed by atoms with E-state index in [1.54, 1.807) is 6.92 Å². The second-order valence-corrected chi connectivity index (χ2v) is 7.56. The molecule has 1 aromatic rings. The topological polar surface area (TPSA) is 40.6 Å². The predicted molar refractivity (Wildman–Crippen MR) is 96.1 cm³/mol. The highest BCUT2D eigenvalue weighted by Gasteiger charge is 2.34. The Morgan fingerprint density at radius 2 is 1.71 bits per heavy atom. The Morgan fingerprint density at radius 1 is 1.08 bits per heavy atom. The van der Waals surface area contributed by atoms with Crippen molar-refractivity contribution in [3.63, 3.8) is 0 Å². The van der Waals surface area contributed by atoms with Crippen LogP contribution in [0.1, 0.15) is 43.4 Å². The molecule has 2 aliphatic heterocycles. The molecule has 1 aromatic carbocycles. The summed E-state index contributed by atoms with van der Waals surface area (Å²) in [5, 5.41) is 0. The molecule has 3 rings (SSSR count). The molecular formula is C20H28N2O2. The van der Waals surface area contributed by atoms with Crippen molar-refractivity contribution in [3.8, 4) is 0 Å². The van der Waals surface area contributed by atoms with Crippen LogP contribution in [0.3, 0.4) is 0 Å². The maximum atomic E-state index is 13.2. The van der Waals surface area contributed by atoms with Gasteiger partial charge in [0.25, 0.3) is 0 Å². The number of aryl methyl sites for hydroxylation is 2. The summed E-state index contributed by atoms with van der Waals surface area (Å²) in [7, 11) is 0. The minimum atomic E-state index is 0.0404. The molecule has 2 heterocycles. The molecule has 1 unspecified atom stereocenters. The molecule has 0 spiro atoms. The van der Waals surface area contributed by atoms with Crippen LogP contribution >= 0.6 is 0 Å². The van der Waals surface area contributed by atoms with Crippen LogP contribution in [-0.2, 0) is 16.0 Å². The molecule has 4 heteroatoms. The Hall–Kier alpha value is -1.84. The number of benzene rings is 1. The van der Waals surface area contributed by atoms with Gasteiger partial charge in [0, 0.05) is 38.2 Å². The number of piperidine rings is 1. The molecule has 0 saturated carbocycles. The van der Waals surface area contributed by atoms with Gasteiger partial charge in [-0.15, -0.1) is 0 Å². The van der Waals surface area contributed by atoms with E-state index in [9.17, 15) is 9.59 Å². The summed E-state index contributed by atoms with van der Waals surface area (Å²) < 4.78 is 0. The van der Waals surface area contributed by atoms with E-state index in [2.05, 4.69) is 32.9 Å². The van der Waals surface area contributed by atoms with Crippen LogP contribution in [0.15, 0.2) is 12.1 Å². The average molecular weight is 328 g/mol. The maximum absolute atomic E-state index is 13.2. The maximum Gasteiger partial charge on any atom is 0.230 e. The zero-order valence-corrected chi connectivity index (χ0v) is 15.3. The van der Waals surface area contributed by atoms with Crippen molar-refractivity contribution in [1.82, 2.24) is 4.90 Å². The van der Waals surface area contributed by atoms with Gasteiger partial charge in [-0.1, -0.05) is 19.1 Å². The van der Waals surface area contributed by atoms with Gasteiger partial charge >= 0.3 is 0 Å². The quantitative estimate of drug-likeness (QED) is 0.795. The summed E-state index contributed by atoms with van der Waals surface area (Å²) in [6.07, 6.45) is 2.61. The Balaban J connectivity index is 1.84. The van der Waals surface area contributed by atoms with Crippen molar-refractivity contribution < 1.29 is 9.59 Å². The Kier molecular flexibility index (Phi) is 4.66. The molecule has 0 radical (unpaired) electrons. The van der Waals surface area contributed by atoms with Gasteiger partial charge < -0.3 is 9.80 Å². The molecule has 1 fully saturated rings. The van der Waals surface area contributed by atoms with Crippen molar-refractivity contribution >= 4 is 17.5 Å². The van der Waals surface area contributed by atoms with Gasteiger partial charge in [-0.05, 0) is 55.7 Å². The van der Waals surface area contributed by atoms with Gasteiger partial charge in [0.1, 0.15) is 0 Å². The lowest BCUT2D eigenvalue weighted by Gasteiger charge is -2.39. The van der Waals surface area contributed by atoms with E-state index in [1.807, 2.05) is 9.80 Å². The molecule has 0 aromatic heterocycles. The number of carbonyl (C=O) groups is 2. The van der Waals surface area contributed by atoms with Crippen molar-refractivity contribution in [2.24, 2.45) is 11.8 Å². The number of hydrogen-bond acceptors (Lipinski definition) is 2. The highest BCUT2D eigenvalue weighted by atomic mass is 16.2. The van der Waals surface area contributed by atoms with Gasteiger partial charge in [0.15, 0.2) is 0 Å². The standard InChI is InChI=1S/C20H28N2O2/c1-13-11-18-14(2)5-6-15(3)19(18)22(12-13)20(24)17-7-9-21(10-8-17)16(4)23/h5-6,13,17H,7-12H2,1-4H3. The summed E-state index contributed by atoms with van der Waals surface area (Å²) in [5.41, 5.74) is 4.96. The van der Waals surface area contributed by atoms with Gasteiger partial charge in [0.2, 0.25) is 11.8 Å². The lowest BCUT2D eigenvalue weighted by Crippen LogP contribution is -2.47. The number of carbonyl (C=O) groups excluding carboxylic acids is 2. The van der Waals surface area contributed by atoms with Crippen molar-refractivity contribution in [2.75, 3.05) is 24.5 Å². The van der Waals surface area contributed by atoms with Crippen molar-refractivity contribution in [2.45, 2.75) is 47.0 Å². The number of hydrogen-bond donors (Lipinski definition) is 0. The highest BCUT2D eigenvalue weighted by molar-refractivity contribution is 5.97. The SMILES string of the molecule is CC(=O)N1CCC(C(=O)N2CC(C)Cc3c(C)ccc(C)c32)CC1. The third-order valence-corrected chi connectivity index (χ3v) is 5.59. The molecule has 4 nitrogen and oxygen atoms in total. The Morgan fingerprint density at radius 3 is 2.33 bits per heavy atom. The molecule has 1 atom stereocenters. The molecule has 2 amide bonds. The van der Waals surface area contributed by atoms with Crippen molar-refractivity contribution in [1.29, 1.82) is 0 Å². The van der Waals surface area contributed by atoms with E-state index in [4.69, 9.17) is 0 Å². The van der Waals surface area contributed by atoms with E-state index in [-0.39, 0.29) is 17.7 Å². The zero-order valence-electron chi connectivity index (χ0n) is 15.3. The molecule has 130 valence electrons. The van der Waals surface area contributed by atoms with E-state index >= 15 is 0 Å². The lowest BCUT2D eigenvalue weighted by molar-refractivity contribution is -0.133. The van der Waals surface area contributed by atoms with Gasteiger partial charge in [-0.25, -0.2) is 0 Å². The third kappa shape index (κ3) is 3.06. The van der Waals surface area contributed by atoms with Crippen molar-refractivity contribution in [3.05, 3.63) is 28.8 Å². The largest absolute Gasteiger partial charge is 0.343 e. The fraction of sp³-hybridized carbons (Fsp3) is 0.600. The summed E-state index contributed by atoms with van der Waals surface area (Å²) in [5.74, 6) is 0.891. The molecule has 2 aliphatic rings. The molecule has 0 bridgehead atoms. The molecule has 0 N–H and O–H groups in total. The molecule has 24 heavy (non-hydrogen) atoms. The van der Waals surface area contributed by atoms with Crippen LogP contribution in [0.2, 0.25) is 0 Å². The summed E-state index contributed by atoms with van der Waals surface area (Å²) in [6.45, 7) is 10.3. The first kappa shape index (κ1) is 17.0. The normalized spacial score (nSPS) is 21.6. The van der Waals surface area contributed by atoms with Crippen LogP contribution in [0.25, 0.3) is 0 Å². The van der Waals surface area contributed by atoms with E-state index in [1.165, 1.54) is 16.7 Å². The predicted octanol–water partition coefficient (Wildman–Crippen LogP) is 3.09. The molecular weight excluding hydrogens is 300 g/mol. The van der Waals surface area contributed by atoms with Gasteiger partial charge in [-0.3, -0.25) is 9.59 Å². The zero-order chi connectivity index (χ0) is 17.4. The lowest BCUT2D eigenvalue weighted by atomic mass is 9.87. The first-order chi connectivity index (χ1) is 11.4. The number of anilines is 1. The van der Waals surface area contributed by atoms with E-state index < -0.39 is 0 Å². The Labute approximate surface area is 144 Å². The van der Waals surface area contributed by atoms with E-state index in [0.29, 0.717) is 19.0 Å². The smallest absolute Gasteiger partial charge is 0.230 e. The Bertz CT molecular complexity index is 660. The van der Waals surface area contributed by atoms with Crippen LogP contribution in [0, 0.1) is 25.7 Å². The van der Waals surface area contributed by atoms with Crippen LogP contribution in [-0.4, -0.2) is 36.3 Å². The number of amides is 2. The fourth-order valence-electron chi connectivity index (χ4n) is 4.17. The second-order valence-electron chi connectivity index (χ2n) is 7.56. The number of nitrogens with zero attached hydrogens (tertiary/aromatic N) is 2. The number of likely N-dealkylation sites (tertiary alicyclic amines) is 1. The summed E-state index contributed by atoms with van der Waals surface area (Å²) >= 11 is 0. The van der Waals surface area contributed by atoms with Crippen LogP contribution < -0.4 is 4.90 Å². The number of fused-ring (bicyclic) bond motifs is 1. The number of rotatable bonds is 1. The third-order valence-electron chi connectivity index (χ3n) is 5.59. The summed E-state index contributed by atoms with van der Waals surface area (Å²) in [6, 6.07) is 4.29. The first-order valence-corrected chi connectivity index (χ1v) is 9.04. The van der Waals surface area contributed by atoms with Gasteiger partial charge in [0.05, 0.1) is 0 Å². The fourth-order valence-corrected chi connectivity index (χ4v) is 4.17.